The number of carbonyl (C=O) groups is 2. The average Bonchev–Trinajstić information content (AvgIpc) is 2.67. The Bertz CT molecular complexity index is 510. The summed E-state index contributed by atoms with van der Waals surface area (Å²) in [5.41, 5.74) is 2.08. The average molecular weight is 249 g/mol. The summed E-state index contributed by atoms with van der Waals surface area (Å²) in [7, 11) is 0. The lowest BCUT2D eigenvalue weighted by Crippen LogP contribution is -2.30. The van der Waals surface area contributed by atoms with Gasteiger partial charge in [-0.2, -0.15) is 0 Å². The van der Waals surface area contributed by atoms with Crippen LogP contribution in [-0.4, -0.2) is 11.6 Å². The summed E-state index contributed by atoms with van der Waals surface area (Å²) < 4.78 is 0. The molecule has 0 aliphatic heterocycles. The van der Waals surface area contributed by atoms with E-state index in [1.807, 2.05) is 12.2 Å². The van der Waals surface area contributed by atoms with Crippen LogP contribution in [0.25, 0.3) is 0 Å². The first-order chi connectivity index (χ1) is 8.09. The van der Waals surface area contributed by atoms with E-state index in [1.54, 1.807) is 13.0 Å². The van der Waals surface area contributed by atoms with Crippen molar-refractivity contribution < 1.29 is 9.59 Å². The van der Waals surface area contributed by atoms with E-state index in [1.165, 1.54) is 5.57 Å². The highest BCUT2D eigenvalue weighted by Gasteiger charge is 2.46. The third-order valence-electron chi connectivity index (χ3n) is 4.05. The van der Waals surface area contributed by atoms with Gasteiger partial charge in [-0.25, -0.2) is 0 Å². The molecule has 3 rings (SSSR count). The van der Waals surface area contributed by atoms with Gasteiger partial charge in [0.2, 0.25) is 0 Å². The molecule has 0 bridgehead atoms. The number of ketones is 2. The van der Waals surface area contributed by atoms with Crippen molar-refractivity contribution in [1.82, 2.24) is 0 Å². The lowest BCUT2D eigenvalue weighted by molar-refractivity contribution is -0.121. The van der Waals surface area contributed by atoms with Gasteiger partial charge in [-0.1, -0.05) is 29.3 Å². The lowest BCUT2D eigenvalue weighted by atomic mass is 9.71. The Balaban J connectivity index is 2.11. The molecule has 0 amide bonds. The van der Waals surface area contributed by atoms with Crippen LogP contribution in [0, 0.1) is 17.8 Å². The fourth-order valence-electron chi connectivity index (χ4n) is 3.26. The molecule has 1 fully saturated rings. The minimum Gasteiger partial charge on any atom is -0.299 e. The summed E-state index contributed by atoms with van der Waals surface area (Å²) >= 11 is 6.24. The molecule has 3 aliphatic rings. The fourth-order valence-corrected chi connectivity index (χ4v) is 3.59. The molecule has 0 aromatic heterocycles. The maximum Gasteiger partial charge on any atom is 0.159 e. The van der Waals surface area contributed by atoms with Crippen molar-refractivity contribution in [2.24, 2.45) is 17.8 Å². The van der Waals surface area contributed by atoms with Gasteiger partial charge in [0.05, 0.1) is 0 Å². The van der Waals surface area contributed by atoms with Crippen molar-refractivity contribution in [3.8, 4) is 0 Å². The van der Waals surface area contributed by atoms with Crippen molar-refractivity contribution in [2.45, 2.75) is 19.8 Å². The van der Waals surface area contributed by atoms with Crippen molar-refractivity contribution >= 4 is 23.2 Å². The smallest absolute Gasteiger partial charge is 0.159 e. The molecule has 0 saturated heterocycles. The zero-order valence-corrected chi connectivity index (χ0v) is 10.3. The highest BCUT2D eigenvalue weighted by atomic mass is 35.5. The highest BCUT2D eigenvalue weighted by molar-refractivity contribution is 6.30. The highest BCUT2D eigenvalue weighted by Crippen LogP contribution is 2.52. The molecule has 0 radical (unpaired) electrons. The number of halogens is 1. The van der Waals surface area contributed by atoms with E-state index in [2.05, 4.69) is 0 Å². The minimum absolute atomic E-state index is 0.0200. The van der Waals surface area contributed by atoms with Gasteiger partial charge < -0.3 is 0 Å². The van der Waals surface area contributed by atoms with Crippen LogP contribution >= 0.6 is 11.6 Å². The molecular formula is C14H13ClO2. The van der Waals surface area contributed by atoms with Gasteiger partial charge in [0, 0.05) is 34.8 Å². The summed E-state index contributed by atoms with van der Waals surface area (Å²) in [6, 6.07) is 0. The number of hydrogen-bond acceptors (Lipinski definition) is 2. The van der Waals surface area contributed by atoms with Crippen molar-refractivity contribution in [1.29, 1.82) is 0 Å². The van der Waals surface area contributed by atoms with Crippen molar-refractivity contribution in [3.05, 3.63) is 34.4 Å². The predicted molar refractivity (Wildman–Crippen MR) is 65.5 cm³/mol. The second-order valence-electron chi connectivity index (χ2n) is 4.98. The van der Waals surface area contributed by atoms with Crippen LogP contribution in [0.2, 0.25) is 0 Å². The van der Waals surface area contributed by atoms with Gasteiger partial charge >= 0.3 is 0 Å². The van der Waals surface area contributed by atoms with Crippen LogP contribution in [0.1, 0.15) is 19.8 Å². The second-order valence-corrected chi connectivity index (χ2v) is 5.41. The molecule has 2 nitrogen and oxygen atoms in total. The molecule has 0 heterocycles. The Morgan fingerprint density at radius 2 is 2.12 bits per heavy atom. The summed E-state index contributed by atoms with van der Waals surface area (Å²) in [4.78, 5) is 23.6. The van der Waals surface area contributed by atoms with E-state index in [4.69, 9.17) is 11.6 Å². The van der Waals surface area contributed by atoms with E-state index >= 15 is 0 Å². The fraction of sp³-hybridized carbons (Fsp3) is 0.429. The number of Topliss-reactive ketones (excluding diaryl/α,β-unsaturated/α-hetero) is 2. The predicted octanol–water partition coefficient (Wildman–Crippen LogP) is 2.79. The zero-order valence-electron chi connectivity index (χ0n) is 9.57. The van der Waals surface area contributed by atoms with Crippen LogP contribution in [0.15, 0.2) is 34.4 Å². The van der Waals surface area contributed by atoms with E-state index in [0.717, 1.165) is 12.0 Å². The largest absolute Gasteiger partial charge is 0.299 e. The molecule has 0 aromatic carbocycles. The molecule has 0 aromatic rings. The Kier molecular flexibility index (Phi) is 2.37. The third kappa shape index (κ3) is 1.47. The van der Waals surface area contributed by atoms with Gasteiger partial charge in [-0.3, -0.25) is 9.59 Å². The number of allylic oxidation sites excluding steroid dienone is 6. The molecule has 1 saturated carbocycles. The molecular weight excluding hydrogens is 236 g/mol. The first-order valence-electron chi connectivity index (χ1n) is 5.91. The first-order valence-corrected chi connectivity index (χ1v) is 6.29. The SMILES string of the molecule is CC(=O)C1C=C2CCC(=O)C3=CC=C(Cl)C1C23. The molecule has 3 aliphatic carbocycles. The second kappa shape index (κ2) is 3.67. The van der Waals surface area contributed by atoms with E-state index in [0.29, 0.717) is 11.5 Å². The van der Waals surface area contributed by atoms with Gasteiger partial charge in [0.15, 0.2) is 5.78 Å². The Morgan fingerprint density at radius 1 is 1.35 bits per heavy atom. The van der Waals surface area contributed by atoms with E-state index < -0.39 is 0 Å². The van der Waals surface area contributed by atoms with Gasteiger partial charge in [0.1, 0.15) is 5.78 Å². The Hall–Kier alpha value is -1.15. The number of hydrogen-bond donors (Lipinski definition) is 0. The van der Waals surface area contributed by atoms with Crippen LogP contribution in [0.5, 0.6) is 0 Å². The van der Waals surface area contributed by atoms with E-state index in [9.17, 15) is 9.59 Å². The Morgan fingerprint density at radius 3 is 2.82 bits per heavy atom. The molecule has 3 atom stereocenters. The minimum atomic E-state index is -0.145. The van der Waals surface area contributed by atoms with Gasteiger partial charge in [0.25, 0.3) is 0 Å². The van der Waals surface area contributed by atoms with Crippen LogP contribution < -0.4 is 0 Å². The number of rotatable bonds is 1. The van der Waals surface area contributed by atoms with Crippen molar-refractivity contribution in [2.75, 3.05) is 0 Å². The van der Waals surface area contributed by atoms with Crippen LogP contribution in [-0.2, 0) is 9.59 Å². The number of carbonyl (C=O) groups excluding carboxylic acids is 2. The summed E-state index contributed by atoms with van der Waals surface area (Å²) in [5.74, 6) is 0.253. The third-order valence-corrected chi connectivity index (χ3v) is 4.42. The first kappa shape index (κ1) is 11.0. The van der Waals surface area contributed by atoms with Crippen molar-refractivity contribution in [3.63, 3.8) is 0 Å². The maximum absolute atomic E-state index is 11.9. The normalized spacial score (nSPS) is 34.8. The summed E-state index contributed by atoms with van der Waals surface area (Å²) in [5, 5.41) is 0.708. The van der Waals surface area contributed by atoms with E-state index in [-0.39, 0.29) is 29.3 Å². The molecule has 3 unspecified atom stereocenters. The topological polar surface area (TPSA) is 34.1 Å². The lowest BCUT2D eigenvalue weighted by Gasteiger charge is -2.32. The summed E-state index contributed by atoms with van der Waals surface area (Å²) in [6.07, 6.45) is 7.01. The Labute approximate surface area is 105 Å². The molecule has 3 heteroatoms. The molecule has 0 N–H and O–H groups in total. The zero-order chi connectivity index (χ0) is 12.2. The standard InChI is InChI=1S/C14H13ClO2/c1-7(16)10-6-8-2-5-12(17)9-3-4-11(15)14(10)13(8)9/h3-4,6,10,13-14H,2,5H2,1H3. The van der Waals surface area contributed by atoms with Crippen LogP contribution in [0.3, 0.4) is 0 Å². The van der Waals surface area contributed by atoms with Gasteiger partial charge in [-0.15, -0.1) is 0 Å². The molecule has 0 spiro atoms. The maximum atomic E-state index is 11.9. The van der Waals surface area contributed by atoms with Gasteiger partial charge in [-0.05, 0) is 19.4 Å². The van der Waals surface area contributed by atoms with Crippen LogP contribution in [0.4, 0.5) is 0 Å². The molecule has 88 valence electrons. The molecule has 17 heavy (non-hydrogen) atoms. The monoisotopic (exact) mass is 248 g/mol. The quantitative estimate of drug-likeness (QED) is 0.669. The summed E-state index contributed by atoms with van der Waals surface area (Å²) in [6.45, 7) is 1.60.